The molecule has 0 radical (unpaired) electrons. The van der Waals surface area contributed by atoms with Crippen molar-refractivity contribution in [2.24, 2.45) is 0 Å². The van der Waals surface area contributed by atoms with Crippen LogP contribution in [0.1, 0.15) is 20.3 Å². The van der Waals surface area contributed by atoms with E-state index < -0.39 is 7.67 Å². The first-order chi connectivity index (χ1) is 7.43. The van der Waals surface area contributed by atoms with Crippen molar-refractivity contribution in [2.75, 3.05) is 34.3 Å². The molecular formula is C10H23N2O3P. The van der Waals surface area contributed by atoms with Gasteiger partial charge in [0.1, 0.15) is 0 Å². The van der Waals surface area contributed by atoms with Crippen LogP contribution >= 0.6 is 7.67 Å². The lowest BCUT2D eigenvalue weighted by Gasteiger charge is -2.41. The van der Waals surface area contributed by atoms with Gasteiger partial charge in [0.2, 0.25) is 0 Å². The van der Waals surface area contributed by atoms with Crippen LogP contribution in [0.2, 0.25) is 0 Å². The predicted molar refractivity (Wildman–Crippen MR) is 64.5 cm³/mol. The van der Waals surface area contributed by atoms with Gasteiger partial charge in [0.05, 0.1) is 12.2 Å². The van der Waals surface area contributed by atoms with Gasteiger partial charge in [-0.1, -0.05) is 6.92 Å². The molecule has 3 atom stereocenters. The fourth-order valence-corrected chi connectivity index (χ4v) is 3.87. The van der Waals surface area contributed by atoms with Gasteiger partial charge in [0, 0.05) is 20.2 Å². The number of morpholine rings is 1. The zero-order valence-corrected chi connectivity index (χ0v) is 11.7. The summed E-state index contributed by atoms with van der Waals surface area (Å²) in [4.78, 5) is 0. The van der Waals surface area contributed by atoms with Crippen LogP contribution in [-0.4, -0.2) is 55.8 Å². The number of ether oxygens (including phenoxy) is 1. The van der Waals surface area contributed by atoms with E-state index in [0.717, 1.165) is 6.42 Å². The molecule has 0 aromatic carbocycles. The van der Waals surface area contributed by atoms with Crippen LogP contribution in [0.15, 0.2) is 0 Å². The molecule has 1 aliphatic rings. The summed E-state index contributed by atoms with van der Waals surface area (Å²) in [7, 11) is 2.22. The number of rotatable bonds is 4. The second-order valence-electron chi connectivity index (χ2n) is 4.37. The van der Waals surface area contributed by atoms with Gasteiger partial charge in [-0.05, 0) is 27.4 Å². The van der Waals surface area contributed by atoms with Crippen molar-refractivity contribution < 1.29 is 13.8 Å². The highest BCUT2D eigenvalue weighted by molar-refractivity contribution is 7.53. The standard InChI is InChI=1S/C10H23N2O3P/c1-6-10-8-12(7-9(2)15-10)16(13,14-5)11(3)4/h9-10H,6-8H2,1-5H3/t9-,10?,16?/m0/s1. The first-order valence-corrected chi connectivity index (χ1v) is 7.21. The summed E-state index contributed by atoms with van der Waals surface area (Å²) in [6.45, 7) is 5.41. The average molecular weight is 250 g/mol. The van der Waals surface area contributed by atoms with E-state index in [1.807, 2.05) is 11.6 Å². The summed E-state index contributed by atoms with van der Waals surface area (Å²) in [6, 6.07) is 0. The molecule has 1 aliphatic heterocycles. The normalized spacial score (nSPS) is 31.6. The molecule has 0 aromatic rings. The van der Waals surface area contributed by atoms with Crippen LogP contribution in [0.25, 0.3) is 0 Å². The zero-order chi connectivity index (χ0) is 12.3. The second-order valence-corrected chi connectivity index (χ2v) is 7.08. The van der Waals surface area contributed by atoms with Crippen molar-refractivity contribution in [3.05, 3.63) is 0 Å². The summed E-state index contributed by atoms with van der Waals surface area (Å²) in [5.41, 5.74) is 0. The van der Waals surface area contributed by atoms with E-state index in [2.05, 4.69) is 6.92 Å². The topological polar surface area (TPSA) is 42.0 Å². The smallest absolute Gasteiger partial charge is 0.345 e. The monoisotopic (exact) mass is 250 g/mol. The Labute approximate surface area is 98.3 Å². The van der Waals surface area contributed by atoms with Gasteiger partial charge in [-0.3, -0.25) is 4.57 Å². The molecule has 6 heteroatoms. The van der Waals surface area contributed by atoms with Crippen molar-refractivity contribution >= 4 is 7.67 Å². The molecular weight excluding hydrogens is 227 g/mol. The molecule has 0 bridgehead atoms. The van der Waals surface area contributed by atoms with Gasteiger partial charge >= 0.3 is 7.67 Å². The Morgan fingerprint density at radius 3 is 2.56 bits per heavy atom. The minimum absolute atomic E-state index is 0.0992. The highest BCUT2D eigenvalue weighted by atomic mass is 31.2. The largest absolute Gasteiger partial charge is 0.373 e. The second kappa shape index (κ2) is 5.61. The third kappa shape index (κ3) is 2.84. The molecule has 2 unspecified atom stereocenters. The molecule has 16 heavy (non-hydrogen) atoms. The van der Waals surface area contributed by atoms with Gasteiger partial charge < -0.3 is 9.26 Å². The molecule has 96 valence electrons. The maximum atomic E-state index is 12.6. The lowest BCUT2D eigenvalue weighted by Crippen LogP contribution is -2.46. The third-order valence-corrected chi connectivity index (χ3v) is 5.39. The minimum Gasteiger partial charge on any atom is -0.373 e. The summed E-state index contributed by atoms with van der Waals surface area (Å²) in [6.07, 6.45) is 1.17. The van der Waals surface area contributed by atoms with Crippen molar-refractivity contribution in [1.82, 2.24) is 9.34 Å². The van der Waals surface area contributed by atoms with E-state index in [1.165, 1.54) is 7.11 Å². The lowest BCUT2D eigenvalue weighted by atomic mass is 10.2. The molecule has 1 saturated heterocycles. The van der Waals surface area contributed by atoms with Crippen molar-refractivity contribution in [3.8, 4) is 0 Å². The Hall–Kier alpha value is 0.0700. The van der Waals surface area contributed by atoms with Crippen LogP contribution < -0.4 is 0 Å². The molecule has 5 nitrogen and oxygen atoms in total. The molecule has 1 fully saturated rings. The molecule has 0 amide bonds. The molecule has 1 rings (SSSR count). The average Bonchev–Trinajstić information content (AvgIpc) is 2.26. The molecule has 0 aliphatic carbocycles. The summed E-state index contributed by atoms with van der Waals surface area (Å²) in [5.74, 6) is 0. The minimum atomic E-state index is -2.85. The van der Waals surface area contributed by atoms with Gasteiger partial charge in [-0.15, -0.1) is 0 Å². The Morgan fingerprint density at radius 1 is 1.50 bits per heavy atom. The van der Waals surface area contributed by atoms with Gasteiger partial charge in [0.15, 0.2) is 0 Å². The Kier molecular flexibility index (Phi) is 4.95. The van der Waals surface area contributed by atoms with E-state index in [9.17, 15) is 4.57 Å². The fourth-order valence-electron chi connectivity index (χ4n) is 1.98. The van der Waals surface area contributed by atoms with Gasteiger partial charge in [-0.2, -0.15) is 0 Å². The maximum absolute atomic E-state index is 12.6. The number of nitrogens with zero attached hydrogens (tertiary/aromatic N) is 2. The van der Waals surface area contributed by atoms with Gasteiger partial charge in [0.25, 0.3) is 0 Å². The Bertz CT molecular complexity index is 273. The Balaban J connectivity index is 2.81. The Morgan fingerprint density at radius 2 is 2.12 bits per heavy atom. The zero-order valence-electron chi connectivity index (χ0n) is 10.8. The fraction of sp³-hybridized carbons (Fsp3) is 1.00. The quantitative estimate of drug-likeness (QED) is 0.712. The van der Waals surface area contributed by atoms with Crippen molar-refractivity contribution in [2.45, 2.75) is 32.5 Å². The van der Waals surface area contributed by atoms with Crippen molar-refractivity contribution in [3.63, 3.8) is 0 Å². The molecule has 1 heterocycles. The van der Waals surface area contributed by atoms with E-state index in [0.29, 0.717) is 13.1 Å². The number of hydrogen-bond acceptors (Lipinski definition) is 3. The maximum Gasteiger partial charge on any atom is 0.345 e. The predicted octanol–water partition coefficient (Wildman–Crippen LogP) is 1.80. The third-order valence-electron chi connectivity index (χ3n) is 2.86. The summed E-state index contributed by atoms with van der Waals surface area (Å²) < 4.78 is 27.2. The molecule has 0 spiro atoms. The highest BCUT2D eigenvalue weighted by Gasteiger charge is 2.38. The van der Waals surface area contributed by atoms with Crippen LogP contribution in [0.3, 0.4) is 0 Å². The van der Waals surface area contributed by atoms with Crippen LogP contribution in [-0.2, 0) is 13.8 Å². The molecule has 0 aromatic heterocycles. The summed E-state index contributed by atoms with van der Waals surface area (Å²) in [5, 5.41) is 0. The number of hydrogen-bond donors (Lipinski definition) is 0. The lowest BCUT2D eigenvalue weighted by molar-refractivity contribution is -0.0598. The molecule has 0 saturated carbocycles. The van der Waals surface area contributed by atoms with E-state index in [-0.39, 0.29) is 12.2 Å². The molecule has 0 N–H and O–H groups in total. The highest BCUT2D eigenvalue weighted by Crippen LogP contribution is 2.52. The van der Waals surface area contributed by atoms with Crippen LogP contribution in [0.5, 0.6) is 0 Å². The van der Waals surface area contributed by atoms with E-state index in [4.69, 9.17) is 9.26 Å². The van der Waals surface area contributed by atoms with E-state index >= 15 is 0 Å². The summed E-state index contributed by atoms with van der Waals surface area (Å²) >= 11 is 0. The van der Waals surface area contributed by atoms with Crippen LogP contribution in [0, 0.1) is 0 Å². The van der Waals surface area contributed by atoms with Crippen molar-refractivity contribution in [1.29, 1.82) is 0 Å². The first-order valence-electron chi connectivity index (χ1n) is 5.68. The first kappa shape index (κ1) is 14.1. The SMILES string of the molecule is CCC1CN(P(=O)(OC)N(C)C)C[C@H](C)O1. The van der Waals surface area contributed by atoms with E-state index in [1.54, 1.807) is 18.8 Å². The van der Waals surface area contributed by atoms with Crippen LogP contribution in [0.4, 0.5) is 0 Å². The van der Waals surface area contributed by atoms with Gasteiger partial charge in [-0.25, -0.2) is 9.34 Å².